The molecule has 0 aromatic heterocycles. The van der Waals surface area contributed by atoms with Crippen LogP contribution in [-0.2, 0) is 6.54 Å². The summed E-state index contributed by atoms with van der Waals surface area (Å²) in [6.45, 7) is 0.329. The SMILES string of the molecule is O=C(O)NCc1cccc(-c2ccccc2)c1. The normalized spacial score (nSPS) is 9.88. The Hall–Kier alpha value is -2.29. The van der Waals surface area contributed by atoms with Crippen LogP contribution in [0.3, 0.4) is 0 Å². The van der Waals surface area contributed by atoms with E-state index in [1.165, 1.54) is 0 Å². The molecule has 0 aliphatic heterocycles. The number of hydrogen-bond donors (Lipinski definition) is 2. The van der Waals surface area contributed by atoms with Crippen molar-refractivity contribution in [3.63, 3.8) is 0 Å². The molecule has 0 fully saturated rings. The van der Waals surface area contributed by atoms with Gasteiger partial charge in [-0.2, -0.15) is 0 Å². The van der Waals surface area contributed by atoms with Crippen molar-refractivity contribution in [2.75, 3.05) is 0 Å². The molecule has 17 heavy (non-hydrogen) atoms. The molecule has 3 nitrogen and oxygen atoms in total. The maximum atomic E-state index is 10.4. The van der Waals surface area contributed by atoms with Gasteiger partial charge in [-0.1, -0.05) is 48.5 Å². The Bertz CT molecular complexity index is 509. The van der Waals surface area contributed by atoms with Gasteiger partial charge in [-0.3, -0.25) is 0 Å². The molecule has 2 aromatic rings. The first-order valence-corrected chi connectivity index (χ1v) is 5.37. The highest BCUT2D eigenvalue weighted by Gasteiger charge is 2.00. The van der Waals surface area contributed by atoms with Gasteiger partial charge < -0.3 is 10.4 Å². The molecule has 0 saturated carbocycles. The predicted octanol–water partition coefficient (Wildman–Crippen LogP) is 3.12. The highest BCUT2D eigenvalue weighted by molar-refractivity contribution is 5.66. The largest absolute Gasteiger partial charge is 0.465 e. The number of carboxylic acid groups (broad SMARTS) is 1. The van der Waals surface area contributed by atoms with E-state index in [0.29, 0.717) is 6.54 Å². The molecule has 0 bridgehead atoms. The van der Waals surface area contributed by atoms with Crippen LogP contribution >= 0.6 is 0 Å². The third-order valence-electron chi connectivity index (χ3n) is 2.48. The third kappa shape index (κ3) is 3.08. The van der Waals surface area contributed by atoms with Crippen molar-refractivity contribution in [2.45, 2.75) is 6.54 Å². The molecule has 0 spiro atoms. The van der Waals surface area contributed by atoms with Crippen molar-refractivity contribution in [3.8, 4) is 11.1 Å². The Kier molecular flexibility index (Phi) is 3.40. The number of rotatable bonds is 3. The topological polar surface area (TPSA) is 49.3 Å². The van der Waals surface area contributed by atoms with E-state index in [1.807, 2.05) is 54.6 Å². The van der Waals surface area contributed by atoms with Gasteiger partial charge in [0.25, 0.3) is 0 Å². The summed E-state index contributed by atoms with van der Waals surface area (Å²) in [4.78, 5) is 10.4. The molecule has 0 unspecified atom stereocenters. The van der Waals surface area contributed by atoms with Crippen LogP contribution in [0.2, 0.25) is 0 Å². The summed E-state index contributed by atoms with van der Waals surface area (Å²) < 4.78 is 0. The third-order valence-corrected chi connectivity index (χ3v) is 2.48. The Morgan fingerprint density at radius 1 is 1.00 bits per heavy atom. The van der Waals surface area contributed by atoms with Crippen molar-refractivity contribution < 1.29 is 9.90 Å². The van der Waals surface area contributed by atoms with Crippen LogP contribution in [0.15, 0.2) is 54.6 Å². The lowest BCUT2D eigenvalue weighted by Gasteiger charge is -2.05. The second-order valence-corrected chi connectivity index (χ2v) is 3.73. The minimum atomic E-state index is -1.00. The lowest BCUT2D eigenvalue weighted by Crippen LogP contribution is -2.19. The number of amides is 1. The monoisotopic (exact) mass is 227 g/mol. The summed E-state index contributed by atoms with van der Waals surface area (Å²) in [6.07, 6.45) is -1.00. The zero-order valence-corrected chi connectivity index (χ0v) is 9.26. The van der Waals surface area contributed by atoms with E-state index in [4.69, 9.17) is 5.11 Å². The maximum Gasteiger partial charge on any atom is 0.404 e. The van der Waals surface area contributed by atoms with Crippen molar-refractivity contribution in [1.82, 2.24) is 5.32 Å². The Balaban J connectivity index is 2.20. The average molecular weight is 227 g/mol. The summed E-state index contributed by atoms with van der Waals surface area (Å²) >= 11 is 0. The number of benzene rings is 2. The van der Waals surface area contributed by atoms with Crippen LogP contribution < -0.4 is 5.32 Å². The molecule has 0 saturated heterocycles. The summed E-state index contributed by atoms with van der Waals surface area (Å²) in [5.74, 6) is 0. The van der Waals surface area contributed by atoms with Crippen molar-refractivity contribution >= 4 is 6.09 Å². The standard InChI is InChI=1S/C14H13NO2/c16-14(17)15-10-11-5-4-8-13(9-11)12-6-2-1-3-7-12/h1-9,15H,10H2,(H,16,17). The second kappa shape index (κ2) is 5.16. The van der Waals surface area contributed by atoms with Crippen molar-refractivity contribution in [3.05, 3.63) is 60.2 Å². The predicted molar refractivity (Wildman–Crippen MR) is 66.7 cm³/mol. The zero-order valence-electron chi connectivity index (χ0n) is 9.26. The fourth-order valence-electron chi connectivity index (χ4n) is 1.67. The van der Waals surface area contributed by atoms with Gasteiger partial charge in [-0.05, 0) is 22.8 Å². The Labute approximate surface area is 99.7 Å². The van der Waals surface area contributed by atoms with Crippen molar-refractivity contribution in [1.29, 1.82) is 0 Å². The molecule has 0 radical (unpaired) electrons. The van der Waals surface area contributed by atoms with E-state index in [1.54, 1.807) is 0 Å². The molecule has 86 valence electrons. The lowest BCUT2D eigenvalue weighted by molar-refractivity contribution is 0.194. The molecule has 2 rings (SSSR count). The van der Waals surface area contributed by atoms with E-state index < -0.39 is 6.09 Å². The number of nitrogens with one attached hydrogen (secondary N) is 1. The summed E-state index contributed by atoms with van der Waals surface area (Å²) in [6, 6.07) is 17.8. The van der Waals surface area contributed by atoms with Gasteiger partial charge in [0.05, 0.1) is 0 Å². The van der Waals surface area contributed by atoms with E-state index in [-0.39, 0.29) is 0 Å². The zero-order chi connectivity index (χ0) is 12.1. The fraction of sp³-hybridized carbons (Fsp3) is 0.0714. The number of carbonyl (C=O) groups is 1. The molecule has 0 aliphatic carbocycles. The Morgan fingerprint density at radius 2 is 1.71 bits per heavy atom. The van der Waals surface area contributed by atoms with Gasteiger partial charge in [0.15, 0.2) is 0 Å². The molecule has 0 heterocycles. The molecule has 0 atom stereocenters. The second-order valence-electron chi connectivity index (χ2n) is 3.73. The highest BCUT2D eigenvalue weighted by Crippen LogP contribution is 2.19. The van der Waals surface area contributed by atoms with Crippen LogP contribution in [0.25, 0.3) is 11.1 Å². The molecule has 3 heteroatoms. The molecule has 2 aromatic carbocycles. The van der Waals surface area contributed by atoms with Gasteiger partial charge in [-0.15, -0.1) is 0 Å². The van der Waals surface area contributed by atoms with E-state index in [9.17, 15) is 4.79 Å². The maximum absolute atomic E-state index is 10.4. The van der Waals surface area contributed by atoms with Gasteiger partial charge in [0, 0.05) is 6.54 Å². The van der Waals surface area contributed by atoms with Crippen LogP contribution in [0.4, 0.5) is 4.79 Å². The Morgan fingerprint density at radius 3 is 2.41 bits per heavy atom. The highest BCUT2D eigenvalue weighted by atomic mass is 16.4. The van der Waals surface area contributed by atoms with Crippen LogP contribution in [0, 0.1) is 0 Å². The van der Waals surface area contributed by atoms with Gasteiger partial charge in [0.2, 0.25) is 0 Å². The fourth-order valence-corrected chi connectivity index (χ4v) is 1.67. The number of hydrogen-bond acceptors (Lipinski definition) is 1. The minimum absolute atomic E-state index is 0.329. The summed E-state index contributed by atoms with van der Waals surface area (Å²) in [5, 5.41) is 10.9. The van der Waals surface area contributed by atoms with E-state index >= 15 is 0 Å². The van der Waals surface area contributed by atoms with Crippen LogP contribution in [-0.4, -0.2) is 11.2 Å². The molecular weight excluding hydrogens is 214 g/mol. The first-order valence-electron chi connectivity index (χ1n) is 5.37. The lowest BCUT2D eigenvalue weighted by atomic mass is 10.0. The molecule has 2 N–H and O–H groups in total. The molecular formula is C14H13NO2. The minimum Gasteiger partial charge on any atom is -0.465 e. The van der Waals surface area contributed by atoms with Gasteiger partial charge >= 0.3 is 6.09 Å². The molecule has 1 amide bonds. The first kappa shape index (κ1) is 11.2. The van der Waals surface area contributed by atoms with E-state index in [0.717, 1.165) is 16.7 Å². The first-order chi connectivity index (χ1) is 8.25. The van der Waals surface area contributed by atoms with Crippen LogP contribution in [0.5, 0.6) is 0 Å². The molecule has 0 aliphatic rings. The average Bonchev–Trinajstić information content (AvgIpc) is 2.38. The van der Waals surface area contributed by atoms with Crippen LogP contribution in [0.1, 0.15) is 5.56 Å². The summed E-state index contributed by atoms with van der Waals surface area (Å²) in [5.41, 5.74) is 3.17. The van der Waals surface area contributed by atoms with Gasteiger partial charge in [-0.25, -0.2) is 4.79 Å². The van der Waals surface area contributed by atoms with Crippen molar-refractivity contribution in [2.24, 2.45) is 0 Å². The summed E-state index contributed by atoms with van der Waals surface area (Å²) in [7, 11) is 0. The smallest absolute Gasteiger partial charge is 0.404 e. The van der Waals surface area contributed by atoms with E-state index in [2.05, 4.69) is 5.32 Å². The van der Waals surface area contributed by atoms with Gasteiger partial charge in [0.1, 0.15) is 0 Å². The quantitative estimate of drug-likeness (QED) is 0.846.